The molecule has 92 valence electrons. The highest BCUT2D eigenvalue weighted by Crippen LogP contribution is 2.25. The highest BCUT2D eigenvalue weighted by molar-refractivity contribution is 8.15. The van der Waals surface area contributed by atoms with Crippen molar-refractivity contribution in [2.24, 2.45) is 4.99 Å². The minimum Gasteiger partial charge on any atom is -0.491 e. The normalized spacial score (nSPS) is 19.0. The van der Waals surface area contributed by atoms with Gasteiger partial charge in [-0.3, -0.25) is 4.99 Å². The van der Waals surface area contributed by atoms with Crippen molar-refractivity contribution in [2.75, 3.05) is 18.5 Å². The molecular weight excluding hydrogens is 239 g/mol. The van der Waals surface area contributed by atoms with Gasteiger partial charge in [0.1, 0.15) is 0 Å². The topological polar surface area (TPSA) is 33.6 Å². The number of hydrogen-bond acceptors (Lipinski definition) is 4. The third kappa shape index (κ3) is 3.12. The van der Waals surface area contributed by atoms with Gasteiger partial charge in [-0.15, -0.1) is 0 Å². The average molecular weight is 254 g/mol. The third-order valence-electron chi connectivity index (χ3n) is 2.29. The van der Waals surface area contributed by atoms with Gasteiger partial charge >= 0.3 is 0 Å². The summed E-state index contributed by atoms with van der Waals surface area (Å²) in [5, 5.41) is 4.44. The van der Waals surface area contributed by atoms with Crippen LogP contribution in [0, 0.1) is 5.82 Å². The van der Waals surface area contributed by atoms with Crippen LogP contribution in [0.1, 0.15) is 13.8 Å². The number of thioether (sulfide) groups is 1. The van der Waals surface area contributed by atoms with Crippen molar-refractivity contribution < 1.29 is 9.13 Å². The molecule has 1 unspecified atom stereocenters. The van der Waals surface area contributed by atoms with Crippen LogP contribution in [0.25, 0.3) is 0 Å². The second kappa shape index (κ2) is 5.40. The molecule has 0 aromatic heterocycles. The first-order valence-electron chi connectivity index (χ1n) is 5.59. The number of rotatable bonds is 3. The summed E-state index contributed by atoms with van der Waals surface area (Å²) >= 11 is 1.67. The summed E-state index contributed by atoms with van der Waals surface area (Å²) in [5.41, 5.74) is 0.700. The molecule has 1 aromatic carbocycles. The Balaban J connectivity index is 2.05. The van der Waals surface area contributed by atoms with Crippen LogP contribution in [0.15, 0.2) is 23.2 Å². The first-order chi connectivity index (χ1) is 8.19. The van der Waals surface area contributed by atoms with Crippen LogP contribution in [-0.2, 0) is 0 Å². The Hall–Kier alpha value is -1.23. The van der Waals surface area contributed by atoms with E-state index in [1.54, 1.807) is 23.9 Å². The van der Waals surface area contributed by atoms with Gasteiger partial charge in [0.25, 0.3) is 0 Å². The lowest BCUT2D eigenvalue weighted by Gasteiger charge is -2.08. The van der Waals surface area contributed by atoms with Crippen molar-refractivity contribution in [3.05, 3.63) is 24.0 Å². The first-order valence-corrected chi connectivity index (χ1v) is 6.47. The number of aliphatic imine (C=N–C) groups is 1. The monoisotopic (exact) mass is 254 g/mol. The summed E-state index contributed by atoms with van der Waals surface area (Å²) in [5.74, 6) is -0.0686. The number of hydrogen-bond donors (Lipinski definition) is 1. The minimum absolute atomic E-state index is 0.285. The van der Waals surface area contributed by atoms with E-state index >= 15 is 0 Å². The maximum Gasteiger partial charge on any atom is 0.167 e. The van der Waals surface area contributed by atoms with Crippen LogP contribution in [-0.4, -0.2) is 23.6 Å². The zero-order chi connectivity index (χ0) is 12.3. The number of ether oxygens (including phenoxy) is 1. The van der Waals surface area contributed by atoms with Gasteiger partial charge in [-0.05, 0) is 19.1 Å². The average Bonchev–Trinajstić information content (AvgIpc) is 2.68. The van der Waals surface area contributed by atoms with E-state index in [1.165, 1.54) is 6.07 Å². The molecule has 1 aliphatic rings. The molecule has 0 fully saturated rings. The molecular formula is C12H15FN2OS. The van der Waals surface area contributed by atoms with Gasteiger partial charge in [-0.25, -0.2) is 4.39 Å². The van der Waals surface area contributed by atoms with Gasteiger partial charge in [-0.2, -0.15) is 0 Å². The van der Waals surface area contributed by atoms with Crippen LogP contribution < -0.4 is 10.1 Å². The van der Waals surface area contributed by atoms with Crippen molar-refractivity contribution in [1.82, 2.24) is 0 Å². The maximum atomic E-state index is 13.6. The third-order valence-corrected chi connectivity index (χ3v) is 3.29. The Morgan fingerprint density at radius 2 is 2.41 bits per heavy atom. The second-order valence-electron chi connectivity index (χ2n) is 3.78. The lowest BCUT2D eigenvalue weighted by molar-refractivity contribution is 0.321. The summed E-state index contributed by atoms with van der Waals surface area (Å²) < 4.78 is 18.7. The number of halogens is 1. The molecule has 1 atom stereocenters. The molecule has 0 aliphatic carbocycles. The molecule has 1 aliphatic heterocycles. The number of anilines is 1. The Morgan fingerprint density at radius 1 is 1.59 bits per heavy atom. The van der Waals surface area contributed by atoms with E-state index in [9.17, 15) is 4.39 Å². The number of benzene rings is 1. The highest BCUT2D eigenvalue weighted by Gasteiger charge is 2.15. The van der Waals surface area contributed by atoms with Gasteiger partial charge in [0.05, 0.1) is 13.2 Å². The summed E-state index contributed by atoms with van der Waals surface area (Å²) in [6.45, 7) is 5.22. The molecule has 0 amide bonds. The van der Waals surface area contributed by atoms with E-state index in [-0.39, 0.29) is 11.6 Å². The van der Waals surface area contributed by atoms with Crippen LogP contribution in [0.2, 0.25) is 0 Å². The predicted molar refractivity (Wildman–Crippen MR) is 70.5 cm³/mol. The second-order valence-corrected chi connectivity index (χ2v) is 5.20. The molecule has 2 rings (SSSR count). The molecule has 1 heterocycles. The molecule has 1 N–H and O–H groups in total. The molecule has 5 heteroatoms. The molecule has 1 aromatic rings. The minimum atomic E-state index is -0.353. The molecule has 0 radical (unpaired) electrons. The fourth-order valence-electron chi connectivity index (χ4n) is 1.52. The van der Waals surface area contributed by atoms with Crippen LogP contribution in [0.5, 0.6) is 5.75 Å². The van der Waals surface area contributed by atoms with E-state index in [1.807, 2.05) is 6.92 Å². The van der Waals surface area contributed by atoms with Crippen molar-refractivity contribution in [1.29, 1.82) is 0 Å². The van der Waals surface area contributed by atoms with Gasteiger partial charge in [0.2, 0.25) is 0 Å². The number of nitrogens with zero attached hydrogens (tertiary/aromatic N) is 1. The van der Waals surface area contributed by atoms with Gasteiger partial charge in [-0.1, -0.05) is 18.7 Å². The molecule has 0 spiro atoms. The Morgan fingerprint density at radius 3 is 3.00 bits per heavy atom. The molecule has 17 heavy (non-hydrogen) atoms. The van der Waals surface area contributed by atoms with Crippen LogP contribution in [0.3, 0.4) is 0 Å². The van der Waals surface area contributed by atoms with Gasteiger partial charge < -0.3 is 10.1 Å². The van der Waals surface area contributed by atoms with Crippen molar-refractivity contribution in [3.63, 3.8) is 0 Å². The van der Waals surface area contributed by atoms with Crippen molar-refractivity contribution in [2.45, 2.75) is 19.1 Å². The lowest BCUT2D eigenvalue weighted by Crippen LogP contribution is -2.06. The summed E-state index contributed by atoms with van der Waals surface area (Å²) in [6, 6.07) is 4.85. The number of nitrogens with one attached hydrogen (secondary N) is 1. The Labute approximate surface area is 104 Å². The molecule has 3 nitrogen and oxygen atoms in total. The van der Waals surface area contributed by atoms with Gasteiger partial charge in [0, 0.05) is 17.0 Å². The zero-order valence-corrected chi connectivity index (χ0v) is 10.7. The zero-order valence-electron chi connectivity index (χ0n) is 9.87. The fraction of sp³-hybridized carbons (Fsp3) is 0.417. The summed E-state index contributed by atoms with van der Waals surface area (Å²) in [7, 11) is 0. The first kappa shape index (κ1) is 12.2. The quantitative estimate of drug-likeness (QED) is 0.899. The molecule has 0 saturated carbocycles. The summed E-state index contributed by atoms with van der Waals surface area (Å²) in [4.78, 5) is 4.32. The highest BCUT2D eigenvalue weighted by atomic mass is 32.2. The number of amidine groups is 1. The lowest BCUT2D eigenvalue weighted by atomic mass is 10.3. The maximum absolute atomic E-state index is 13.6. The standard InChI is InChI=1S/C12H15FN2OS/c1-3-16-11-5-4-9(6-10(11)13)15-12-14-7-8(2)17-12/h4-6,8H,3,7H2,1-2H3,(H,14,15). The van der Waals surface area contributed by atoms with Crippen LogP contribution >= 0.6 is 11.8 Å². The fourth-order valence-corrected chi connectivity index (χ4v) is 2.38. The Bertz CT molecular complexity index is 437. The van der Waals surface area contributed by atoms with E-state index in [0.717, 1.165) is 11.7 Å². The summed E-state index contributed by atoms with van der Waals surface area (Å²) in [6.07, 6.45) is 0. The van der Waals surface area contributed by atoms with Gasteiger partial charge in [0.15, 0.2) is 16.7 Å². The molecule has 0 bridgehead atoms. The predicted octanol–water partition coefficient (Wildman–Crippen LogP) is 3.13. The smallest absolute Gasteiger partial charge is 0.167 e. The SMILES string of the molecule is CCOc1ccc(NC2=NCC(C)S2)cc1F. The van der Waals surface area contributed by atoms with E-state index < -0.39 is 0 Å². The van der Waals surface area contributed by atoms with E-state index in [4.69, 9.17) is 4.74 Å². The van der Waals surface area contributed by atoms with E-state index in [0.29, 0.717) is 17.5 Å². The molecule has 0 saturated heterocycles. The largest absolute Gasteiger partial charge is 0.491 e. The van der Waals surface area contributed by atoms with Crippen LogP contribution in [0.4, 0.5) is 10.1 Å². The Kier molecular flexibility index (Phi) is 3.89. The van der Waals surface area contributed by atoms with E-state index in [2.05, 4.69) is 17.2 Å². The van der Waals surface area contributed by atoms with Crippen molar-refractivity contribution in [3.8, 4) is 5.75 Å². The van der Waals surface area contributed by atoms with Crippen molar-refractivity contribution >= 4 is 22.6 Å².